The minimum Gasteiger partial charge on any atom is -0.507 e. The number of fused-ring (bicyclic) bond motifs is 1. The molecule has 0 saturated heterocycles. The van der Waals surface area contributed by atoms with Gasteiger partial charge in [0.2, 0.25) is 0 Å². The van der Waals surface area contributed by atoms with Crippen LogP contribution in [0.15, 0.2) is 33.5 Å². The van der Waals surface area contributed by atoms with Crippen LogP contribution in [-0.4, -0.2) is 24.1 Å². The third kappa shape index (κ3) is 1.92. The second kappa shape index (κ2) is 3.98. The van der Waals surface area contributed by atoms with Gasteiger partial charge in [-0.2, -0.15) is 0 Å². The maximum absolute atomic E-state index is 11.2. The molecule has 2 rings (SSSR count). The first-order chi connectivity index (χ1) is 7.58. The fourth-order valence-electron chi connectivity index (χ4n) is 1.65. The monoisotopic (exact) mass is 219 g/mol. The van der Waals surface area contributed by atoms with E-state index in [2.05, 4.69) is 0 Å². The second-order valence-corrected chi connectivity index (χ2v) is 3.97. The van der Waals surface area contributed by atoms with Crippen LogP contribution in [0.2, 0.25) is 0 Å². The smallest absolute Gasteiger partial charge is 0.336 e. The van der Waals surface area contributed by atoms with Crippen molar-refractivity contribution in [1.29, 1.82) is 0 Å². The van der Waals surface area contributed by atoms with Crippen LogP contribution in [-0.2, 0) is 6.54 Å². The lowest BCUT2D eigenvalue weighted by Crippen LogP contribution is -2.11. The first-order valence-corrected chi connectivity index (χ1v) is 4.97. The average Bonchev–Trinajstić information content (AvgIpc) is 2.22. The number of phenols is 1. The minimum absolute atomic E-state index is 0.149. The van der Waals surface area contributed by atoms with E-state index in [9.17, 15) is 9.90 Å². The molecule has 84 valence electrons. The molecule has 2 aromatic rings. The third-order valence-electron chi connectivity index (χ3n) is 2.34. The molecule has 1 aromatic heterocycles. The molecular weight excluding hydrogens is 206 g/mol. The zero-order chi connectivity index (χ0) is 11.7. The van der Waals surface area contributed by atoms with Gasteiger partial charge in [0.25, 0.3) is 0 Å². The van der Waals surface area contributed by atoms with Gasteiger partial charge in [-0.25, -0.2) is 4.79 Å². The summed E-state index contributed by atoms with van der Waals surface area (Å²) in [5, 5.41) is 10.6. The van der Waals surface area contributed by atoms with Gasteiger partial charge in [-0.05, 0) is 32.3 Å². The minimum atomic E-state index is -0.405. The molecule has 0 atom stereocenters. The van der Waals surface area contributed by atoms with Gasteiger partial charge in [0, 0.05) is 18.0 Å². The molecule has 0 spiro atoms. The molecule has 0 saturated carbocycles. The van der Waals surface area contributed by atoms with Gasteiger partial charge in [0.1, 0.15) is 11.3 Å². The number of benzene rings is 1. The topological polar surface area (TPSA) is 53.7 Å². The van der Waals surface area contributed by atoms with E-state index in [1.807, 2.05) is 19.0 Å². The number of nitrogens with zero attached hydrogens (tertiary/aromatic N) is 1. The van der Waals surface area contributed by atoms with Gasteiger partial charge in [0.15, 0.2) is 0 Å². The van der Waals surface area contributed by atoms with E-state index in [4.69, 9.17) is 4.42 Å². The summed E-state index contributed by atoms with van der Waals surface area (Å²) in [4.78, 5) is 13.1. The fraction of sp³-hybridized carbons (Fsp3) is 0.250. The fourth-order valence-corrected chi connectivity index (χ4v) is 1.65. The predicted molar refractivity (Wildman–Crippen MR) is 61.5 cm³/mol. The lowest BCUT2D eigenvalue weighted by molar-refractivity contribution is 0.383. The van der Waals surface area contributed by atoms with Gasteiger partial charge in [-0.15, -0.1) is 0 Å². The molecular formula is C12H13NO3. The van der Waals surface area contributed by atoms with Crippen molar-refractivity contribution >= 4 is 11.0 Å². The summed E-state index contributed by atoms with van der Waals surface area (Å²) in [6.45, 7) is 0.524. The largest absolute Gasteiger partial charge is 0.507 e. The summed E-state index contributed by atoms with van der Waals surface area (Å²) < 4.78 is 5.13. The molecule has 0 bridgehead atoms. The Morgan fingerprint density at radius 2 is 1.94 bits per heavy atom. The van der Waals surface area contributed by atoms with Gasteiger partial charge < -0.3 is 14.4 Å². The molecule has 4 heteroatoms. The Hall–Kier alpha value is -1.81. The van der Waals surface area contributed by atoms with Gasteiger partial charge >= 0.3 is 5.63 Å². The number of rotatable bonds is 2. The van der Waals surface area contributed by atoms with Crippen LogP contribution in [0.4, 0.5) is 0 Å². The Morgan fingerprint density at radius 3 is 2.62 bits per heavy atom. The first kappa shape index (κ1) is 10.7. The van der Waals surface area contributed by atoms with E-state index >= 15 is 0 Å². The lowest BCUT2D eigenvalue weighted by Gasteiger charge is -2.12. The van der Waals surface area contributed by atoms with E-state index in [1.54, 1.807) is 18.2 Å². The Balaban J connectivity index is 2.72. The SMILES string of the molecule is CN(C)Cc1c(O)ccc2ccc(=O)oc12. The summed E-state index contributed by atoms with van der Waals surface area (Å²) in [5.41, 5.74) is 0.694. The maximum Gasteiger partial charge on any atom is 0.336 e. The highest BCUT2D eigenvalue weighted by Crippen LogP contribution is 2.26. The Bertz CT molecular complexity index is 572. The molecule has 0 aliphatic carbocycles. The highest BCUT2D eigenvalue weighted by molar-refractivity contribution is 5.81. The number of aromatic hydroxyl groups is 1. The average molecular weight is 219 g/mol. The molecule has 1 heterocycles. The first-order valence-electron chi connectivity index (χ1n) is 4.97. The molecule has 0 aliphatic rings. The zero-order valence-electron chi connectivity index (χ0n) is 9.23. The number of hydrogen-bond acceptors (Lipinski definition) is 4. The van der Waals surface area contributed by atoms with Crippen molar-refractivity contribution in [2.75, 3.05) is 14.1 Å². The van der Waals surface area contributed by atoms with Gasteiger partial charge in [0.05, 0.1) is 5.56 Å². The van der Waals surface area contributed by atoms with Crippen LogP contribution in [0.1, 0.15) is 5.56 Å². The summed E-state index contributed by atoms with van der Waals surface area (Å²) in [6, 6.07) is 6.41. The molecule has 16 heavy (non-hydrogen) atoms. The van der Waals surface area contributed by atoms with Crippen molar-refractivity contribution in [3.05, 3.63) is 40.2 Å². The summed E-state index contributed by atoms with van der Waals surface area (Å²) in [6.07, 6.45) is 0. The van der Waals surface area contributed by atoms with Crippen molar-refractivity contribution in [3.8, 4) is 5.75 Å². The maximum atomic E-state index is 11.2. The number of hydrogen-bond donors (Lipinski definition) is 1. The molecule has 0 radical (unpaired) electrons. The Kier molecular flexibility index (Phi) is 2.66. The quantitative estimate of drug-likeness (QED) is 0.779. The number of phenolic OH excluding ortho intramolecular Hbond substituents is 1. The second-order valence-electron chi connectivity index (χ2n) is 3.97. The molecule has 0 aliphatic heterocycles. The normalized spacial score (nSPS) is 11.2. The molecule has 4 nitrogen and oxygen atoms in total. The molecule has 0 amide bonds. The molecule has 0 unspecified atom stereocenters. The van der Waals surface area contributed by atoms with Crippen LogP contribution in [0.25, 0.3) is 11.0 Å². The van der Waals surface area contributed by atoms with Crippen LogP contribution < -0.4 is 5.63 Å². The van der Waals surface area contributed by atoms with E-state index in [-0.39, 0.29) is 5.75 Å². The standard InChI is InChI=1S/C12H13NO3/c1-13(2)7-9-10(14)5-3-8-4-6-11(15)16-12(8)9/h3-6,14H,7H2,1-2H3. The highest BCUT2D eigenvalue weighted by Gasteiger charge is 2.10. The van der Waals surface area contributed by atoms with Crippen molar-refractivity contribution in [2.24, 2.45) is 0 Å². The lowest BCUT2D eigenvalue weighted by atomic mass is 10.1. The van der Waals surface area contributed by atoms with Crippen molar-refractivity contribution in [3.63, 3.8) is 0 Å². The Labute approximate surface area is 92.7 Å². The van der Waals surface area contributed by atoms with E-state index in [0.29, 0.717) is 17.7 Å². The summed E-state index contributed by atoms with van der Waals surface area (Å²) >= 11 is 0. The van der Waals surface area contributed by atoms with Crippen LogP contribution in [0.5, 0.6) is 5.75 Å². The molecule has 0 fully saturated rings. The van der Waals surface area contributed by atoms with Crippen LogP contribution in [0, 0.1) is 0 Å². The highest BCUT2D eigenvalue weighted by atomic mass is 16.4. The van der Waals surface area contributed by atoms with Crippen molar-refractivity contribution in [2.45, 2.75) is 6.54 Å². The predicted octanol–water partition coefficient (Wildman–Crippen LogP) is 1.56. The third-order valence-corrected chi connectivity index (χ3v) is 2.34. The van der Waals surface area contributed by atoms with Gasteiger partial charge in [-0.1, -0.05) is 0 Å². The molecule has 1 N–H and O–H groups in total. The van der Waals surface area contributed by atoms with E-state index < -0.39 is 5.63 Å². The van der Waals surface area contributed by atoms with Gasteiger partial charge in [-0.3, -0.25) is 0 Å². The van der Waals surface area contributed by atoms with E-state index in [0.717, 1.165) is 5.39 Å². The summed E-state index contributed by atoms with van der Waals surface area (Å²) in [5.74, 6) is 0.149. The summed E-state index contributed by atoms with van der Waals surface area (Å²) in [7, 11) is 3.78. The van der Waals surface area contributed by atoms with Crippen molar-refractivity contribution in [1.82, 2.24) is 4.90 Å². The zero-order valence-corrected chi connectivity index (χ0v) is 9.23. The molecule has 1 aromatic carbocycles. The van der Waals surface area contributed by atoms with Crippen LogP contribution >= 0.6 is 0 Å². The van der Waals surface area contributed by atoms with Crippen molar-refractivity contribution < 1.29 is 9.52 Å². The van der Waals surface area contributed by atoms with E-state index in [1.165, 1.54) is 6.07 Å². The van der Waals surface area contributed by atoms with Crippen LogP contribution in [0.3, 0.4) is 0 Å². The Morgan fingerprint density at radius 1 is 1.25 bits per heavy atom.